The van der Waals surface area contributed by atoms with E-state index in [9.17, 15) is 18.8 Å². The Morgan fingerprint density at radius 1 is 1.11 bits per heavy atom. The number of benzene rings is 2. The van der Waals surface area contributed by atoms with Crippen molar-refractivity contribution in [3.63, 3.8) is 0 Å². The zero-order valence-corrected chi connectivity index (χ0v) is 15.0. The number of nitrogens with one attached hydrogen (secondary N) is 2. The van der Waals surface area contributed by atoms with Gasteiger partial charge in [0.15, 0.2) is 6.61 Å². The topological polar surface area (TPSA) is 93.7 Å². The summed E-state index contributed by atoms with van der Waals surface area (Å²) in [6.45, 7) is -0.966. The van der Waals surface area contributed by atoms with Crippen molar-refractivity contribution in [1.29, 1.82) is 0 Å². The van der Waals surface area contributed by atoms with Crippen LogP contribution in [-0.4, -0.2) is 38.0 Å². The third kappa shape index (κ3) is 6.27. The van der Waals surface area contributed by atoms with Gasteiger partial charge < -0.3 is 20.1 Å². The molecule has 0 unspecified atom stereocenters. The number of rotatable bonds is 7. The molecule has 0 aliphatic rings. The Bertz CT molecular complexity index is 842. The highest BCUT2D eigenvalue weighted by molar-refractivity contribution is 6.32. The van der Waals surface area contributed by atoms with E-state index < -0.39 is 36.8 Å². The molecule has 2 N–H and O–H groups in total. The summed E-state index contributed by atoms with van der Waals surface area (Å²) in [4.78, 5) is 35.2. The van der Waals surface area contributed by atoms with Crippen molar-refractivity contribution in [2.75, 3.05) is 25.6 Å². The van der Waals surface area contributed by atoms with Gasteiger partial charge in [0.25, 0.3) is 11.8 Å². The summed E-state index contributed by atoms with van der Waals surface area (Å²) in [6.07, 6.45) is 0. The number of esters is 1. The second-order valence-electron chi connectivity index (χ2n) is 5.25. The van der Waals surface area contributed by atoms with Crippen LogP contribution in [0.15, 0.2) is 42.5 Å². The Balaban J connectivity index is 1.74. The number of halogens is 2. The molecule has 0 bridgehead atoms. The van der Waals surface area contributed by atoms with E-state index in [1.54, 1.807) is 12.1 Å². The summed E-state index contributed by atoms with van der Waals surface area (Å²) in [5.41, 5.74) is 0.602. The van der Waals surface area contributed by atoms with Crippen molar-refractivity contribution in [3.8, 4) is 5.75 Å². The van der Waals surface area contributed by atoms with E-state index in [1.165, 1.54) is 25.3 Å². The predicted octanol–water partition coefficient (Wildman–Crippen LogP) is 2.40. The van der Waals surface area contributed by atoms with Gasteiger partial charge in [0.2, 0.25) is 0 Å². The Labute approximate surface area is 159 Å². The molecule has 2 aromatic carbocycles. The fourth-order valence-electron chi connectivity index (χ4n) is 1.99. The van der Waals surface area contributed by atoms with E-state index in [4.69, 9.17) is 21.1 Å². The van der Waals surface area contributed by atoms with Crippen molar-refractivity contribution < 1.29 is 28.2 Å². The van der Waals surface area contributed by atoms with Crippen molar-refractivity contribution in [1.82, 2.24) is 5.32 Å². The van der Waals surface area contributed by atoms with Crippen molar-refractivity contribution in [2.45, 2.75) is 0 Å². The van der Waals surface area contributed by atoms with E-state index in [2.05, 4.69) is 10.6 Å². The minimum absolute atomic E-state index is 0.193. The van der Waals surface area contributed by atoms with Gasteiger partial charge in [-0.1, -0.05) is 11.6 Å². The minimum atomic E-state index is -0.798. The van der Waals surface area contributed by atoms with Gasteiger partial charge >= 0.3 is 5.97 Å². The van der Waals surface area contributed by atoms with E-state index >= 15 is 0 Å². The highest BCUT2D eigenvalue weighted by Gasteiger charge is 2.12. The predicted molar refractivity (Wildman–Crippen MR) is 96.3 cm³/mol. The van der Waals surface area contributed by atoms with Gasteiger partial charge in [0, 0.05) is 11.3 Å². The van der Waals surface area contributed by atoms with Gasteiger partial charge in [-0.3, -0.25) is 14.4 Å². The lowest BCUT2D eigenvalue weighted by Gasteiger charge is -2.09. The fraction of sp³-hybridized carbons (Fsp3) is 0.167. The molecule has 0 fully saturated rings. The molecule has 0 aromatic heterocycles. The second kappa shape index (κ2) is 9.54. The van der Waals surface area contributed by atoms with Crippen LogP contribution in [0.25, 0.3) is 0 Å². The van der Waals surface area contributed by atoms with Gasteiger partial charge in [-0.05, 0) is 42.5 Å². The molecule has 0 aliphatic carbocycles. The third-order valence-electron chi connectivity index (χ3n) is 3.30. The molecule has 0 radical (unpaired) electrons. The standard InChI is InChI=1S/C18H16ClFN2O5/c1-26-15-7-6-13(8-14(15)19)22-16(23)10-27-17(24)9-21-18(25)11-2-4-12(20)5-3-11/h2-8H,9-10H2,1H3,(H,21,25)(H,22,23). The summed E-state index contributed by atoms with van der Waals surface area (Å²) in [6, 6.07) is 9.46. The van der Waals surface area contributed by atoms with Crippen LogP contribution in [0.2, 0.25) is 5.02 Å². The van der Waals surface area contributed by atoms with E-state index in [0.29, 0.717) is 16.5 Å². The van der Waals surface area contributed by atoms with Crippen LogP contribution in [0.5, 0.6) is 5.75 Å². The molecular weight excluding hydrogens is 379 g/mol. The molecule has 0 aliphatic heterocycles. The van der Waals surface area contributed by atoms with E-state index in [-0.39, 0.29) is 5.56 Å². The lowest BCUT2D eigenvalue weighted by molar-refractivity contribution is -0.146. The number of anilines is 1. The third-order valence-corrected chi connectivity index (χ3v) is 3.59. The number of hydrogen-bond donors (Lipinski definition) is 2. The van der Waals surface area contributed by atoms with E-state index in [1.807, 2.05) is 0 Å². The van der Waals surface area contributed by atoms with Gasteiger partial charge in [-0.2, -0.15) is 0 Å². The monoisotopic (exact) mass is 394 g/mol. The molecule has 2 amide bonds. The summed E-state index contributed by atoms with van der Waals surface area (Å²) in [5.74, 6) is -1.96. The first-order valence-corrected chi connectivity index (χ1v) is 8.09. The van der Waals surface area contributed by atoms with Gasteiger partial charge in [-0.25, -0.2) is 4.39 Å². The molecule has 2 aromatic rings. The summed E-state index contributed by atoms with van der Waals surface area (Å²) < 4.78 is 22.6. The highest BCUT2D eigenvalue weighted by atomic mass is 35.5. The van der Waals surface area contributed by atoms with Crippen LogP contribution >= 0.6 is 11.6 Å². The number of carbonyl (C=O) groups excluding carboxylic acids is 3. The smallest absolute Gasteiger partial charge is 0.325 e. The van der Waals surface area contributed by atoms with Crippen LogP contribution < -0.4 is 15.4 Å². The first-order chi connectivity index (χ1) is 12.9. The number of ether oxygens (including phenoxy) is 2. The highest BCUT2D eigenvalue weighted by Crippen LogP contribution is 2.27. The first kappa shape index (κ1) is 20.2. The quantitative estimate of drug-likeness (QED) is 0.703. The lowest BCUT2D eigenvalue weighted by Crippen LogP contribution is -2.32. The molecule has 27 heavy (non-hydrogen) atoms. The normalized spacial score (nSPS) is 10.0. The first-order valence-electron chi connectivity index (χ1n) is 7.72. The lowest BCUT2D eigenvalue weighted by atomic mass is 10.2. The van der Waals surface area contributed by atoms with Crippen LogP contribution in [0.3, 0.4) is 0 Å². The largest absolute Gasteiger partial charge is 0.495 e. The summed E-state index contributed by atoms with van der Waals surface area (Å²) >= 11 is 5.95. The van der Waals surface area contributed by atoms with E-state index in [0.717, 1.165) is 12.1 Å². The van der Waals surface area contributed by atoms with Gasteiger partial charge in [0.1, 0.15) is 18.1 Å². The number of amides is 2. The molecule has 0 atom stereocenters. The molecule has 142 valence electrons. The number of carbonyl (C=O) groups is 3. The Morgan fingerprint density at radius 2 is 1.81 bits per heavy atom. The molecule has 7 nitrogen and oxygen atoms in total. The maximum Gasteiger partial charge on any atom is 0.325 e. The maximum absolute atomic E-state index is 12.8. The Kier molecular flexibility index (Phi) is 7.13. The number of methoxy groups -OCH3 is 1. The maximum atomic E-state index is 12.8. The zero-order valence-electron chi connectivity index (χ0n) is 14.3. The van der Waals surface area contributed by atoms with Crippen LogP contribution in [-0.2, 0) is 14.3 Å². The molecular formula is C18H16ClFN2O5. The minimum Gasteiger partial charge on any atom is -0.495 e. The molecule has 9 heteroatoms. The Morgan fingerprint density at radius 3 is 2.44 bits per heavy atom. The van der Waals surface area contributed by atoms with Crippen molar-refractivity contribution >= 4 is 35.1 Å². The van der Waals surface area contributed by atoms with Gasteiger partial charge in [-0.15, -0.1) is 0 Å². The average molecular weight is 395 g/mol. The Hall–Kier alpha value is -3.13. The molecule has 0 saturated carbocycles. The number of hydrogen-bond acceptors (Lipinski definition) is 5. The van der Waals surface area contributed by atoms with Crippen molar-refractivity contribution in [2.24, 2.45) is 0 Å². The van der Waals surface area contributed by atoms with Gasteiger partial charge in [0.05, 0.1) is 12.1 Å². The summed E-state index contributed by atoms with van der Waals surface area (Å²) in [7, 11) is 1.47. The van der Waals surface area contributed by atoms with Crippen LogP contribution in [0.1, 0.15) is 10.4 Å². The molecule has 2 rings (SSSR count). The second-order valence-corrected chi connectivity index (χ2v) is 5.65. The summed E-state index contributed by atoms with van der Waals surface area (Å²) in [5, 5.41) is 5.13. The van der Waals surface area contributed by atoms with Crippen molar-refractivity contribution in [3.05, 3.63) is 58.9 Å². The molecule has 0 heterocycles. The molecule has 0 saturated heterocycles. The zero-order chi connectivity index (χ0) is 19.8. The average Bonchev–Trinajstić information content (AvgIpc) is 2.65. The fourth-order valence-corrected chi connectivity index (χ4v) is 2.25. The SMILES string of the molecule is COc1ccc(NC(=O)COC(=O)CNC(=O)c2ccc(F)cc2)cc1Cl. The van der Waals surface area contributed by atoms with Crippen LogP contribution in [0, 0.1) is 5.82 Å². The van der Waals surface area contributed by atoms with Crippen LogP contribution in [0.4, 0.5) is 10.1 Å². The molecule has 0 spiro atoms.